The molecule has 1 fully saturated rings. The molecule has 1 amide bonds. The van der Waals surface area contributed by atoms with E-state index in [1.165, 1.54) is 0 Å². The zero-order valence-electron chi connectivity index (χ0n) is 16.6. The van der Waals surface area contributed by atoms with Gasteiger partial charge in [-0.1, -0.05) is 53.2 Å². The summed E-state index contributed by atoms with van der Waals surface area (Å²) in [4.78, 5) is 29.3. The normalized spacial score (nSPS) is 23.7. The van der Waals surface area contributed by atoms with Crippen molar-refractivity contribution >= 4 is 74.1 Å². The highest BCUT2D eigenvalue weighted by Gasteiger charge is 2.51. The smallest absolute Gasteiger partial charge is 0.307 e. The van der Waals surface area contributed by atoms with Crippen LogP contribution >= 0.6 is 46.3 Å². The number of nitrogens with zero attached hydrogens (tertiary/aromatic N) is 1. The third kappa shape index (κ3) is 4.15. The number of fused-ring (bicyclic) bond motifs is 3. The molecule has 2 aromatic carbocycles. The molecule has 2 aliphatic rings. The number of allylic oxidation sites excluding steroid dienone is 2. The lowest BCUT2D eigenvalue weighted by molar-refractivity contribution is -0.146. The fraction of sp³-hybridized carbons (Fsp3) is 0.261. The van der Waals surface area contributed by atoms with Gasteiger partial charge >= 0.3 is 5.97 Å². The third-order valence-electron chi connectivity index (χ3n) is 6.05. The number of halogens is 2. The highest BCUT2D eigenvalue weighted by molar-refractivity contribution is 8.00. The van der Waals surface area contributed by atoms with E-state index in [0.717, 1.165) is 26.5 Å². The van der Waals surface area contributed by atoms with Crippen molar-refractivity contribution in [2.45, 2.75) is 16.5 Å². The van der Waals surface area contributed by atoms with Gasteiger partial charge in [0.1, 0.15) is 0 Å². The Morgan fingerprint density at radius 1 is 1.12 bits per heavy atom. The standard InChI is InChI=1S/C23H18Cl2N2O3S2/c24-14-4-3-13(16(25)8-14)10-31-23-27-17-6-5-15(9-18(17)32-23)26-21(28)19-11-1-2-12(7-11)20(19)22(29)30/h1-6,8-9,11-12,19-20H,7,10H2,(H,26,28)(H,29,30)/t11-,12-,19-,20+/m0/s1. The number of aromatic nitrogens is 1. The van der Waals surface area contributed by atoms with Gasteiger partial charge in [-0.3, -0.25) is 9.59 Å². The van der Waals surface area contributed by atoms with E-state index in [9.17, 15) is 14.7 Å². The number of thioether (sulfide) groups is 1. The Morgan fingerprint density at radius 2 is 1.91 bits per heavy atom. The van der Waals surface area contributed by atoms with E-state index in [0.29, 0.717) is 21.5 Å². The molecule has 3 aromatic rings. The van der Waals surface area contributed by atoms with Crippen molar-refractivity contribution in [2.75, 3.05) is 5.32 Å². The van der Waals surface area contributed by atoms with Crippen LogP contribution in [0.15, 0.2) is 52.9 Å². The van der Waals surface area contributed by atoms with Crippen molar-refractivity contribution in [3.05, 3.63) is 64.2 Å². The topological polar surface area (TPSA) is 79.3 Å². The molecular formula is C23H18Cl2N2O3S2. The quantitative estimate of drug-likeness (QED) is 0.301. The van der Waals surface area contributed by atoms with Crippen molar-refractivity contribution in [1.82, 2.24) is 4.98 Å². The minimum absolute atomic E-state index is 0.00377. The SMILES string of the molecule is O=C(Nc1ccc2nc(SCc3ccc(Cl)cc3Cl)sc2c1)[C@@H]1[C@H](C(=O)O)[C@H]2C=C[C@H]1C2. The maximum Gasteiger partial charge on any atom is 0.307 e. The fourth-order valence-corrected chi connectivity index (χ4v) is 7.23. The highest BCUT2D eigenvalue weighted by atomic mass is 35.5. The van der Waals surface area contributed by atoms with Crippen LogP contribution in [0.2, 0.25) is 10.0 Å². The summed E-state index contributed by atoms with van der Waals surface area (Å²) in [7, 11) is 0. The first-order valence-corrected chi connectivity index (χ1v) is 12.6. The number of thiazole rings is 1. The molecule has 1 aromatic heterocycles. The summed E-state index contributed by atoms with van der Waals surface area (Å²) in [6, 6.07) is 11.0. The van der Waals surface area contributed by atoms with E-state index in [-0.39, 0.29) is 17.7 Å². The Labute approximate surface area is 202 Å². The Balaban J connectivity index is 1.29. The van der Waals surface area contributed by atoms with Crippen LogP contribution in [0, 0.1) is 23.7 Å². The van der Waals surface area contributed by atoms with E-state index in [1.807, 2.05) is 42.5 Å². The number of carboxylic acids is 1. The van der Waals surface area contributed by atoms with Gasteiger partial charge in [-0.15, -0.1) is 11.3 Å². The number of carbonyl (C=O) groups excluding carboxylic acids is 1. The van der Waals surface area contributed by atoms with Crippen molar-refractivity contribution in [3.8, 4) is 0 Å². The number of hydrogen-bond donors (Lipinski definition) is 2. The molecule has 164 valence electrons. The van der Waals surface area contributed by atoms with Gasteiger partial charge in [-0.25, -0.2) is 4.98 Å². The zero-order chi connectivity index (χ0) is 22.4. The predicted molar refractivity (Wildman–Crippen MR) is 130 cm³/mol. The molecule has 0 radical (unpaired) electrons. The summed E-state index contributed by atoms with van der Waals surface area (Å²) in [6.45, 7) is 0. The van der Waals surface area contributed by atoms with Crippen LogP contribution in [0.25, 0.3) is 10.2 Å². The number of rotatable bonds is 6. The summed E-state index contributed by atoms with van der Waals surface area (Å²) in [5.41, 5.74) is 2.49. The molecular weight excluding hydrogens is 487 g/mol. The largest absolute Gasteiger partial charge is 0.481 e. The van der Waals surface area contributed by atoms with Crippen molar-refractivity contribution in [2.24, 2.45) is 23.7 Å². The molecule has 4 atom stereocenters. The maximum atomic E-state index is 12.9. The molecule has 1 heterocycles. The molecule has 9 heteroatoms. The summed E-state index contributed by atoms with van der Waals surface area (Å²) in [5, 5.41) is 13.8. The monoisotopic (exact) mass is 504 g/mol. The van der Waals surface area contributed by atoms with E-state index < -0.39 is 17.8 Å². The van der Waals surface area contributed by atoms with E-state index >= 15 is 0 Å². The van der Waals surface area contributed by atoms with Gasteiger partial charge in [0.15, 0.2) is 4.34 Å². The molecule has 2 N–H and O–H groups in total. The number of carboxylic acid groups (broad SMARTS) is 1. The van der Waals surface area contributed by atoms with Gasteiger partial charge < -0.3 is 10.4 Å². The second kappa shape index (κ2) is 8.71. The lowest BCUT2D eigenvalue weighted by Gasteiger charge is -2.23. The van der Waals surface area contributed by atoms with Crippen LogP contribution in [0.5, 0.6) is 0 Å². The number of nitrogens with one attached hydrogen (secondary N) is 1. The number of benzene rings is 2. The van der Waals surface area contributed by atoms with Gasteiger partial charge in [-0.05, 0) is 54.2 Å². The molecule has 32 heavy (non-hydrogen) atoms. The predicted octanol–water partition coefficient (Wildman–Crippen LogP) is 6.36. The minimum Gasteiger partial charge on any atom is -0.481 e. The molecule has 0 spiro atoms. The van der Waals surface area contributed by atoms with Gasteiger partial charge in [0.05, 0.1) is 22.1 Å². The van der Waals surface area contributed by atoms with Gasteiger partial charge in [0.2, 0.25) is 5.91 Å². The van der Waals surface area contributed by atoms with E-state index in [1.54, 1.807) is 29.2 Å². The van der Waals surface area contributed by atoms with Crippen LogP contribution in [-0.4, -0.2) is 22.0 Å². The third-order valence-corrected chi connectivity index (χ3v) is 8.85. The molecule has 0 saturated heterocycles. The van der Waals surface area contributed by atoms with E-state index in [4.69, 9.17) is 23.2 Å². The summed E-state index contributed by atoms with van der Waals surface area (Å²) in [6.07, 6.45) is 4.66. The van der Waals surface area contributed by atoms with Crippen LogP contribution in [-0.2, 0) is 15.3 Å². The second-order valence-electron chi connectivity index (χ2n) is 8.01. The van der Waals surface area contributed by atoms with Crippen molar-refractivity contribution < 1.29 is 14.7 Å². The van der Waals surface area contributed by atoms with Gasteiger partial charge in [0.25, 0.3) is 0 Å². The van der Waals surface area contributed by atoms with Crippen LogP contribution < -0.4 is 5.32 Å². The number of carbonyl (C=O) groups is 2. The Hall–Kier alpha value is -2.06. The number of amides is 1. The Bertz CT molecular complexity index is 1260. The molecule has 1 saturated carbocycles. The van der Waals surface area contributed by atoms with Crippen LogP contribution in [0.3, 0.4) is 0 Å². The molecule has 2 bridgehead atoms. The molecule has 0 unspecified atom stereocenters. The maximum absolute atomic E-state index is 12.9. The first-order valence-electron chi connectivity index (χ1n) is 10.1. The average Bonchev–Trinajstić information content (AvgIpc) is 3.46. The number of aliphatic carboxylic acids is 1. The molecule has 5 nitrogen and oxygen atoms in total. The number of anilines is 1. The molecule has 0 aliphatic heterocycles. The van der Waals surface area contributed by atoms with Gasteiger partial charge in [0, 0.05) is 21.5 Å². The first kappa shape index (κ1) is 21.8. The summed E-state index contributed by atoms with van der Waals surface area (Å²) in [5.74, 6) is -1.70. The Kier molecular flexibility index (Phi) is 5.92. The summed E-state index contributed by atoms with van der Waals surface area (Å²) >= 11 is 15.3. The lowest BCUT2D eigenvalue weighted by atomic mass is 9.82. The lowest BCUT2D eigenvalue weighted by Crippen LogP contribution is -2.36. The Morgan fingerprint density at radius 3 is 2.66 bits per heavy atom. The van der Waals surface area contributed by atoms with E-state index in [2.05, 4.69) is 10.3 Å². The van der Waals surface area contributed by atoms with Crippen molar-refractivity contribution in [3.63, 3.8) is 0 Å². The first-order chi connectivity index (χ1) is 15.4. The van der Waals surface area contributed by atoms with Gasteiger partial charge in [-0.2, -0.15) is 0 Å². The number of hydrogen-bond acceptors (Lipinski definition) is 5. The van der Waals surface area contributed by atoms with Crippen LogP contribution in [0.1, 0.15) is 12.0 Å². The minimum atomic E-state index is -0.901. The summed E-state index contributed by atoms with van der Waals surface area (Å²) < 4.78 is 1.86. The fourth-order valence-electron chi connectivity index (χ4n) is 4.56. The van der Waals surface area contributed by atoms with Crippen LogP contribution in [0.4, 0.5) is 5.69 Å². The van der Waals surface area contributed by atoms with Crippen molar-refractivity contribution in [1.29, 1.82) is 0 Å². The molecule has 2 aliphatic carbocycles. The average molecular weight is 505 g/mol. The zero-order valence-corrected chi connectivity index (χ0v) is 19.8. The molecule has 5 rings (SSSR count). The second-order valence-corrected chi connectivity index (χ2v) is 11.1. The highest BCUT2D eigenvalue weighted by Crippen LogP contribution is 2.48.